The maximum atomic E-state index is 2.47. The average Bonchev–Trinajstić information content (AvgIpc) is 3.28. The summed E-state index contributed by atoms with van der Waals surface area (Å²) in [6.45, 7) is 9.21. The molecule has 146 valence electrons. The smallest absolute Gasteiger partial charge is 0 e. The standard InChI is InChI=1S/C27H33.Zr/c1-5-27(15-6-7-16-27)19-20-17-22-9-8-10-24(25(22)18-20)21-11-13-23(14-12-21)26(2,3)4;/h8-14,17-18H,5-7,15-16,19H2,1-4H3;/q-1;. The van der Waals surface area contributed by atoms with Crippen molar-refractivity contribution in [3.05, 3.63) is 65.7 Å². The number of hydrogen-bond donors (Lipinski definition) is 0. The zero-order valence-electron chi connectivity index (χ0n) is 17.9. The summed E-state index contributed by atoms with van der Waals surface area (Å²) in [7, 11) is 0. The van der Waals surface area contributed by atoms with E-state index < -0.39 is 0 Å². The molecule has 0 radical (unpaired) electrons. The van der Waals surface area contributed by atoms with E-state index in [1.807, 2.05) is 0 Å². The molecule has 4 rings (SSSR count). The van der Waals surface area contributed by atoms with Crippen molar-refractivity contribution in [2.75, 3.05) is 0 Å². The van der Waals surface area contributed by atoms with Gasteiger partial charge in [0.05, 0.1) is 0 Å². The van der Waals surface area contributed by atoms with Gasteiger partial charge in [0.1, 0.15) is 0 Å². The van der Waals surface area contributed by atoms with Crippen LogP contribution < -0.4 is 0 Å². The molecule has 0 bridgehead atoms. The largest absolute Gasteiger partial charge is 0.164 e. The summed E-state index contributed by atoms with van der Waals surface area (Å²) >= 11 is 0. The third-order valence-electron chi connectivity index (χ3n) is 6.87. The fourth-order valence-electron chi connectivity index (χ4n) is 5.01. The van der Waals surface area contributed by atoms with Crippen LogP contribution in [0.3, 0.4) is 0 Å². The van der Waals surface area contributed by atoms with Gasteiger partial charge in [-0.2, -0.15) is 6.07 Å². The molecule has 0 amide bonds. The second-order valence-electron chi connectivity index (χ2n) is 9.74. The van der Waals surface area contributed by atoms with Crippen molar-refractivity contribution in [2.24, 2.45) is 5.41 Å². The Kier molecular flexibility index (Phi) is 6.45. The summed E-state index contributed by atoms with van der Waals surface area (Å²) in [5.74, 6) is 0. The third kappa shape index (κ3) is 4.26. The Morgan fingerprint density at radius 1 is 0.964 bits per heavy atom. The fourth-order valence-corrected chi connectivity index (χ4v) is 5.01. The van der Waals surface area contributed by atoms with Crippen molar-refractivity contribution in [1.82, 2.24) is 0 Å². The summed E-state index contributed by atoms with van der Waals surface area (Å²) in [5, 5.41) is 2.81. The summed E-state index contributed by atoms with van der Waals surface area (Å²) < 4.78 is 0. The molecule has 0 saturated heterocycles. The minimum atomic E-state index is 0. The summed E-state index contributed by atoms with van der Waals surface area (Å²) in [5.41, 5.74) is 6.39. The van der Waals surface area contributed by atoms with Gasteiger partial charge >= 0.3 is 0 Å². The summed E-state index contributed by atoms with van der Waals surface area (Å²) in [6, 6.07) is 20.9. The molecule has 1 aliphatic carbocycles. The van der Waals surface area contributed by atoms with Crippen molar-refractivity contribution in [3.8, 4) is 11.1 Å². The molecule has 0 aromatic heterocycles. The van der Waals surface area contributed by atoms with Crippen molar-refractivity contribution in [1.29, 1.82) is 0 Å². The molecule has 0 nitrogen and oxygen atoms in total. The van der Waals surface area contributed by atoms with Crippen molar-refractivity contribution in [3.63, 3.8) is 0 Å². The predicted octanol–water partition coefficient (Wildman–Crippen LogP) is 8.03. The van der Waals surface area contributed by atoms with E-state index in [9.17, 15) is 0 Å². The Labute approximate surface area is 190 Å². The number of fused-ring (bicyclic) bond motifs is 1. The van der Waals surface area contributed by atoms with E-state index in [1.54, 1.807) is 0 Å². The van der Waals surface area contributed by atoms with Crippen LogP contribution in [-0.2, 0) is 38.0 Å². The summed E-state index contributed by atoms with van der Waals surface area (Å²) in [6.07, 6.45) is 8.22. The minimum Gasteiger partial charge on any atom is -0.164 e. The van der Waals surface area contributed by atoms with Gasteiger partial charge in [-0.15, -0.1) is 34.5 Å². The van der Waals surface area contributed by atoms with E-state index in [0.29, 0.717) is 5.41 Å². The van der Waals surface area contributed by atoms with Gasteiger partial charge in [0, 0.05) is 26.2 Å². The van der Waals surface area contributed by atoms with Crippen LogP contribution >= 0.6 is 0 Å². The molecule has 1 heteroatoms. The Morgan fingerprint density at radius 3 is 2.25 bits per heavy atom. The van der Waals surface area contributed by atoms with Gasteiger partial charge in [0.2, 0.25) is 0 Å². The Hall–Kier alpha value is -1.07. The van der Waals surface area contributed by atoms with E-state index in [2.05, 4.69) is 82.3 Å². The predicted molar refractivity (Wildman–Crippen MR) is 119 cm³/mol. The van der Waals surface area contributed by atoms with Crippen molar-refractivity contribution >= 4 is 10.8 Å². The van der Waals surface area contributed by atoms with Crippen LogP contribution in [0.5, 0.6) is 0 Å². The van der Waals surface area contributed by atoms with Gasteiger partial charge < -0.3 is 0 Å². The maximum Gasteiger partial charge on any atom is 0 e. The normalized spacial score (nSPS) is 16.3. The first-order valence-electron chi connectivity index (χ1n) is 10.7. The van der Waals surface area contributed by atoms with Crippen LogP contribution in [-0.4, -0.2) is 0 Å². The number of hydrogen-bond acceptors (Lipinski definition) is 0. The first kappa shape index (κ1) is 21.6. The van der Waals surface area contributed by atoms with Crippen LogP contribution in [0.25, 0.3) is 21.9 Å². The molecule has 0 spiro atoms. The molecular formula is C27H33Zr-. The molecule has 3 aromatic rings. The minimum absolute atomic E-state index is 0. The van der Waals surface area contributed by atoms with E-state index in [-0.39, 0.29) is 31.6 Å². The molecule has 1 fully saturated rings. The Balaban J connectivity index is 0.00000225. The molecule has 0 heterocycles. The van der Waals surface area contributed by atoms with E-state index in [4.69, 9.17) is 0 Å². The van der Waals surface area contributed by atoms with Crippen LogP contribution in [0.15, 0.2) is 54.6 Å². The maximum absolute atomic E-state index is 2.47. The van der Waals surface area contributed by atoms with Gasteiger partial charge in [0.15, 0.2) is 0 Å². The second-order valence-corrected chi connectivity index (χ2v) is 9.74. The molecule has 0 atom stereocenters. The van der Waals surface area contributed by atoms with Gasteiger partial charge in [-0.3, -0.25) is 0 Å². The van der Waals surface area contributed by atoms with Crippen LogP contribution in [0, 0.1) is 5.41 Å². The molecule has 0 unspecified atom stereocenters. The molecule has 3 aromatic carbocycles. The van der Waals surface area contributed by atoms with Gasteiger partial charge in [-0.1, -0.05) is 82.9 Å². The molecule has 1 aliphatic rings. The van der Waals surface area contributed by atoms with E-state index in [0.717, 1.165) is 0 Å². The van der Waals surface area contributed by atoms with Gasteiger partial charge in [0.25, 0.3) is 0 Å². The zero-order chi connectivity index (χ0) is 19.1. The fraction of sp³-hybridized carbons (Fsp3) is 0.444. The third-order valence-corrected chi connectivity index (χ3v) is 6.87. The van der Waals surface area contributed by atoms with Crippen LogP contribution in [0.4, 0.5) is 0 Å². The van der Waals surface area contributed by atoms with Gasteiger partial charge in [-0.05, 0) is 41.2 Å². The number of rotatable bonds is 4. The molecule has 0 aliphatic heterocycles. The molecular weight excluding hydrogens is 416 g/mol. The van der Waals surface area contributed by atoms with Crippen LogP contribution in [0.2, 0.25) is 0 Å². The number of benzene rings is 2. The molecule has 1 saturated carbocycles. The first-order valence-corrected chi connectivity index (χ1v) is 10.7. The topological polar surface area (TPSA) is 0 Å². The van der Waals surface area contributed by atoms with Crippen molar-refractivity contribution in [2.45, 2.75) is 71.6 Å². The monoisotopic (exact) mass is 447 g/mol. The molecule has 0 N–H and O–H groups in total. The second kappa shape index (κ2) is 8.35. The van der Waals surface area contributed by atoms with Crippen LogP contribution in [0.1, 0.15) is 70.9 Å². The summed E-state index contributed by atoms with van der Waals surface area (Å²) in [4.78, 5) is 0. The van der Waals surface area contributed by atoms with Crippen molar-refractivity contribution < 1.29 is 26.2 Å². The SMILES string of the molecule is CCC1(Cc2cc3c(-c4ccc(C(C)(C)C)cc4)cccc3[cH-]2)CCCC1.[Zr]. The van der Waals surface area contributed by atoms with E-state index >= 15 is 0 Å². The first-order chi connectivity index (χ1) is 12.9. The zero-order valence-corrected chi connectivity index (χ0v) is 20.4. The average molecular weight is 449 g/mol. The Morgan fingerprint density at radius 2 is 1.64 bits per heavy atom. The quantitative estimate of drug-likeness (QED) is 0.354. The Bertz CT molecular complexity index is 915. The molecule has 28 heavy (non-hydrogen) atoms. The van der Waals surface area contributed by atoms with Gasteiger partial charge in [-0.25, -0.2) is 0 Å². The van der Waals surface area contributed by atoms with E-state index in [1.165, 1.54) is 71.6 Å².